The highest BCUT2D eigenvalue weighted by Crippen LogP contribution is 2.24. The van der Waals surface area contributed by atoms with Gasteiger partial charge in [0, 0.05) is 25.3 Å². The zero-order valence-electron chi connectivity index (χ0n) is 10.5. The quantitative estimate of drug-likeness (QED) is 0.773. The molecule has 88 valence electrons. The second kappa shape index (κ2) is 4.46. The van der Waals surface area contributed by atoms with Gasteiger partial charge in [0.15, 0.2) is 0 Å². The van der Waals surface area contributed by atoms with E-state index in [2.05, 4.69) is 43.9 Å². The summed E-state index contributed by atoms with van der Waals surface area (Å²) in [6.45, 7) is 10.2. The maximum Gasteiger partial charge on any atom is 0.0346 e. The maximum absolute atomic E-state index is 5.93. The van der Waals surface area contributed by atoms with Gasteiger partial charge in [0.2, 0.25) is 0 Å². The summed E-state index contributed by atoms with van der Waals surface area (Å²) in [6, 6.07) is 6.43. The van der Waals surface area contributed by atoms with Crippen molar-refractivity contribution < 1.29 is 0 Å². The lowest BCUT2D eigenvalue weighted by Gasteiger charge is -2.16. The Morgan fingerprint density at radius 3 is 2.44 bits per heavy atom. The van der Waals surface area contributed by atoms with Crippen molar-refractivity contribution in [1.29, 1.82) is 0 Å². The summed E-state index contributed by atoms with van der Waals surface area (Å²) in [5, 5.41) is 0. The largest absolute Gasteiger partial charge is 0.399 e. The van der Waals surface area contributed by atoms with Crippen LogP contribution in [0.5, 0.6) is 0 Å². The fourth-order valence-corrected chi connectivity index (χ4v) is 2.42. The molecule has 1 aromatic rings. The van der Waals surface area contributed by atoms with Gasteiger partial charge >= 0.3 is 0 Å². The standard InChI is InChI=1S/C14H22N2/c1-10-4-5-13(6-14(10)15)9-16-7-11(2)12(3)8-16/h4-6,11-12H,7-9,15H2,1-3H3. The smallest absolute Gasteiger partial charge is 0.0346 e. The van der Waals surface area contributed by atoms with Crippen molar-refractivity contribution in [3.05, 3.63) is 29.3 Å². The highest BCUT2D eigenvalue weighted by molar-refractivity contribution is 5.48. The molecule has 1 fully saturated rings. The monoisotopic (exact) mass is 218 g/mol. The Hall–Kier alpha value is -1.02. The van der Waals surface area contributed by atoms with Crippen LogP contribution in [0.15, 0.2) is 18.2 Å². The van der Waals surface area contributed by atoms with E-state index in [4.69, 9.17) is 5.73 Å². The lowest BCUT2D eigenvalue weighted by molar-refractivity contribution is 0.316. The molecule has 2 atom stereocenters. The van der Waals surface area contributed by atoms with E-state index in [1.165, 1.54) is 24.2 Å². The molecule has 0 spiro atoms. The first kappa shape index (κ1) is 11.5. The van der Waals surface area contributed by atoms with Gasteiger partial charge in [0.25, 0.3) is 0 Å². The number of anilines is 1. The molecule has 2 rings (SSSR count). The van der Waals surface area contributed by atoms with Crippen LogP contribution in [0.4, 0.5) is 5.69 Å². The van der Waals surface area contributed by atoms with Gasteiger partial charge in [0.1, 0.15) is 0 Å². The summed E-state index contributed by atoms with van der Waals surface area (Å²) in [6.07, 6.45) is 0. The molecule has 0 aliphatic carbocycles. The van der Waals surface area contributed by atoms with Crippen LogP contribution in [0.25, 0.3) is 0 Å². The number of nitrogens with two attached hydrogens (primary N) is 1. The third-order valence-electron chi connectivity index (χ3n) is 3.81. The zero-order chi connectivity index (χ0) is 11.7. The van der Waals surface area contributed by atoms with Crippen molar-refractivity contribution >= 4 is 5.69 Å². The lowest BCUT2D eigenvalue weighted by atomic mass is 10.0. The van der Waals surface area contributed by atoms with Crippen molar-refractivity contribution in [2.75, 3.05) is 18.8 Å². The molecular weight excluding hydrogens is 196 g/mol. The Kier molecular flexibility index (Phi) is 3.20. The molecule has 2 heteroatoms. The molecule has 0 radical (unpaired) electrons. The minimum absolute atomic E-state index is 0.822. The highest BCUT2D eigenvalue weighted by Gasteiger charge is 2.25. The van der Waals surface area contributed by atoms with Gasteiger partial charge in [-0.1, -0.05) is 26.0 Å². The molecule has 1 aromatic carbocycles. The number of hydrogen-bond acceptors (Lipinski definition) is 2. The Morgan fingerprint density at radius 1 is 1.25 bits per heavy atom. The third kappa shape index (κ3) is 2.38. The molecule has 16 heavy (non-hydrogen) atoms. The van der Waals surface area contributed by atoms with Crippen molar-refractivity contribution in [1.82, 2.24) is 4.90 Å². The fourth-order valence-electron chi connectivity index (χ4n) is 2.42. The summed E-state index contributed by atoms with van der Waals surface area (Å²) in [7, 11) is 0. The zero-order valence-corrected chi connectivity index (χ0v) is 10.5. The molecule has 1 aliphatic rings. The van der Waals surface area contributed by atoms with Crippen molar-refractivity contribution in [3.63, 3.8) is 0 Å². The van der Waals surface area contributed by atoms with E-state index < -0.39 is 0 Å². The normalized spacial score (nSPS) is 26.2. The fraction of sp³-hybridized carbons (Fsp3) is 0.571. The van der Waals surface area contributed by atoms with Gasteiger partial charge in [-0.05, 0) is 36.0 Å². The summed E-state index contributed by atoms with van der Waals surface area (Å²) in [5.74, 6) is 1.64. The van der Waals surface area contributed by atoms with Gasteiger partial charge in [-0.3, -0.25) is 4.90 Å². The number of hydrogen-bond donors (Lipinski definition) is 1. The van der Waals surface area contributed by atoms with E-state index in [1.807, 2.05) is 0 Å². The SMILES string of the molecule is Cc1ccc(CN2CC(C)C(C)C2)cc1N. The van der Waals surface area contributed by atoms with Crippen LogP contribution in [0, 0.1) is 18.8 Å². The molecular formula is C14H22N2. The van der Waals surface area contributed by atoms with Crippen molar-refractivity contribution in [3.8, 4) is 0 Å². The number of likely N-dealkylation sites (tertiary alicyclic amines) is 1. The first-order valence-electron chi connectivity index (χ1n) is 6.13. The van der Waals surface area contributed by atoms with Gasteiger partial charge in [-0.25, -0.2) is 0 Å². The minimum atomic E-state index is 0.822. The molecule has 0 bridgehead atoms. The maximum atomic E-state index is 5.93. The predicted octanol–water partition coefficient (Wildman–Crippen LogP) is 2.67. The number of benzene rings is 1. The molecule has 0 aromatic heterocycles. The topological polar surface area (TPSA) is 29.3 Å². The Labute approximate surface area is 98.4 Å². The van der Waals surface area contributed by atoms with E-state index in [0.29, 0.717) is 0 Å². The lowest BCUT2D eigenvalue weighted by Crippen LogP contribution is -2.20. The third-order valence-corrected chi connectivity index (χ3v) is 3.81. The van der Waals surface area contributed by atoms with Gasteiger partial charge in [-0.2, -0.15) is 0 Å². The summed E-state index contributed by atoms with van der Waals surface area (Å²) in [4.78, 5) is 2.53. The second-order valence-corrected chi connectivity index (χ2v) is 5.34. The van der Waals surface area contributed by atoms with Crippen LogP contribution in [-0.4, -0.2) is 18.0 Å². The molecule has 2 nitrogen and oxygen atoms in total. The predicted molar refractivity (Wildman–Crippen MR) is 69.2 cm³/mol. The van der Waals surface area contributed by atoms with E-state index >= 15 is 0 Å². The van der Waals surface area contributed by atoms with E-state index in [-0.39, 0.29) is 0 Å². The summed E-state index contributed by atoms with van der Waals surface area (Å²) in [5.41, 5.74) is 9.36. The van der Waals surface area contributed by atoms with E-state index in [1.54, 1.807) is 0 Å². The van der Waals surface area contributed by atoms with Crippen LogP contribution < -0.4 is 5.73 Å². The molecule has 1 saturated heterocycles. The molecule has 1 heterocycles. The first-order valence-corrected chi connectivity index (χ1v) is 6.13. The molecule has 2 N–H and O–H groups in total. The summed E-state index contributed by atoms with van der Waals surface area (Å²) < 4.78 is 0. The first-order chi connectivity index (χ1) is 7.56. The van der Waals surface area contributed by atoms with Crippen LogP contribution in [0.1, 0.15) is 25.0 Å². The van der Waals surface area contributed by atoms with Crippen LogP contribution in [0.3, 0.4) is 0 Å². The Morgan fingerprint density at radius 2 is 1.88 bits per heavy atom. The number of nitrogens with zero attached hydrogens (tertiary/aromatic N) is 1. The summed E-state index contributed by atoms with van der Waals surface area (Å²) >= 11 is 0. The number of aryl methyl sites for hydroxylation is 1. The number of rotatable bonds is 2. The average Bonchev–Trinajstić information content (AvgIpc) is 2.52. The van der Waals surface area contributed by atoms with E-state index in [0.717, 1.165) is 24.1 Å². The van der Waals surface area contributed by atoms with Crippen LogP contribution >= 0.6 is 0 Å². The number of nitrogen functional groups attached to an aromatic ring is 1. The Bertz CT molecular complexity index is 363. The Balaban J connectivity index is 2.02. The van der Waals surface area contributed by atoms with Crippen LogP contribution in [-0.2, 0) is 6.54 Å². The molecule has 0 amide bonds. The van der Waals surface area contributed by atoms with Crippen LogP contribution in [0.2, 0.25) is 0 Å². The van der Waals surface area contributed by atoms with Crippen molar-refractivity contribution in [2.24, 2.45) is 11.8 Å². The van der Waals surface area contributed by atoms with Gasteiger partial charge < -0.3 is 5.73 Å². The second-order valence-electron chi connectivity index (χ2n) is 5.34. The van der Waals surface area contributed by atoms with Gasteiger partial charge in [-0.15, -0.1) is 0 Å². The minimum Gasteiger partial charge on any atom is -0.399 e. The molecule has 2 unspecified atom stereocenters. The highest BCUT2D eigenvalue weighted by atomic mass is 15.1. The van der Waals surface area contributed by atoms with Gasteiger partial charge in [0.05, 0.1) is 0 Å². The van der Waals surface area contributed by atoms with Crippen molar-refractivity contribution in [2.45, 2.75) is 27.3 Å². The average molecular weight is 218 g/mol. The molecule has 0 saturated carbocycles. The van der Waals surface area contributed by atoms with E-state index in [9.17, 15) is 0 Å². The molecule has 1 aliphatic heterocycles.